The normalized spacial score (nSPS) is 10.6. The maximum atomic E-state index is 13.5. The number of para-hydroxylation sites is 1. The number of benzene rings is 3. The Kier molecular flexibility index (Phi) is 8.30. The van der Waals surface area contributed by atoms with Crippen LogP contribution in [-0.2, 0) is 16.1 Å². The largest absolute Gasteiger partial charge is 0.484 e. The van der Waals surface area contributed by atoms with E-state index in [0.29, 0.717) is 28.1 Å². The third-order valence-corrected chi connectivity index (χ3v) is 5.91. The Morgan fingerprint density at radius 1 is 0.972 bits per heavy atom. The van der Waals surface area contributed by atoms with Gasteiger partial charge in [0.05, 0.1) is 12.3 Å². The Morgan fingerprint density at radius 2 is 1.75 bits per heavy atom. The lowest BCUT2D eigenvalue weighted by atomic mass is 10.2. The maximum Gasteiger partial charge on any atom is 0.258 e. The van der Waals surface area contributed by atoms with Crippen LogP contribution in [-0.4, -0.2) is 38.9 Å². The van der Waals surface area contributed by atoms with E-state index in [0.717, 1.165) is 5.56 Å². The zero-order valence-corrected chi connectivity index (χ0v) is 20.3. The number of rotatable bonds is 10. The summed E-state index contributed by atoms with van der Waals surface area (Å²) in [6, 6.07) is 22.3. The van der Waals surface area contributed by atoms with E-state index in [1.165, 1.54) is 23.9 Å². The first-order valence-electron chi connectivity index (χ1n) is 11.1. The van der Waals surface area contributed by atoms with Crippen molar-refractivity contribution in [2.75, 3.05) is 17.7 Å². The topological polar surface area (TPSA) is 98.1 Å². The molecule has 1 heterocycles. The molecule has 0 aliphatic heterocycles. The molecule has 3 aromatic carbocycles. The first-order valence-corrected chi connectivity index (χ1v) is 12.1. The highest BCUT2D eigenvalue weighted by atomic mass is 32.2. The van der Waals surface area contributed by atoms with Crippen molar-refractivity contribution in [1.29, 1.82) is 0 Å². The molecule has 0 bridgehead atoms. The van der Waals surface area contributed by atoms with Crippen molar-refractivity contribution >= 4 is 29.3 Å². The molecule has 0 aliphatic rings. The zero-order chi connectivity index (χ0) is 25.3. The summed E-state index contributed by atoms with van der Waals surface area (Å²) in [4.78, 5) is 24.8. The Morgan fingerprint density at radius 3 is 2.50 bits per heavy atom. The lowest BCUT2D eigenvalue weighted by molar-refractivity contribution is -0.123. The molecule has 0 atom stereocenters. The van der Waals surface area contributed by atoms with Crippen LogP contribution in [0.1, 0.15) is 11.4 Å². The smallest absolute Gasteiger partial charge is 0.258 e. The number of ether oxygens (including phenoxy) is 1. The highest BCUT2D eigenvalue weighted by Crippen LogP contribution is 2.23. The number of nitrogens with zero attached hydrogens (tertiary/aromatic N) is 3. The molecular weight excluding hydrogens is 481 g/mol. The summed E-state index contributed by atoms with van der Waals surface area (Å²) in [5, 5.41) is 14.4. The van der Waals surface area contributed by atoms with Gasteiger partial charge < -0.3 is 15.4 Å². The Hall–Kier alpha value is -4.18. The fraction of sp³-hybridized carbons (Fsp3) is 0.154. The molecule has 2 N–H and O–H groups in total. The second-order valence-electron chi connectivity index (χ2n) is 7.80. The van der Waals surface area contributed by atoms with Crippen LogP contribution in [0.25, 0.3) is 5.69 Å². The van der Waals surface area contributed by atoms with E-state index in [-0.39, 0.29) is 36.5 Å². The van der Waals surface area contributed by atoms with Crippen LogP contribution in [0.4, 0.5) is 10.1 Å². The molecule has 36 heavy (non-hydrogen) atoms. The number of halogens is 1. The Labute approximate surface area is 211 Å². The van der Waals surface area contributed by atoms with Crippen LogP contribution in [0, 0.1) is 12.7 Å². The Bertz CT molecular complexity index is 1330. The first kappa shape index (κ1) is 24.9. The zero-order valence-electron chi connectivity index (χ0n) is 19.5. The lowest BCUT2D eigenvalue weighted by Gasteiger charge is -2.11. The molecule has 8 nitrogen and oxygen atoms in total. The van der Waals surface area contributed by atoms with Crippen molar-refractivity contribution in [2.45, 2.75) is 18.6 Å². The number of anilines is 1. The van der Waals surface area contributed by atoms with Crippen LogP contribution in [0.15, 0.2) is 84.0 Å². The molecular formula is C26H24FN5O3S. The lowest BCUT2D eigenvalue weighted by Crippen LogP contribution is -2.29. The van der Waals surface area contributed by atoms with E-state index >= 15 is 0 Å². The number of hydrogen-bond donors (Lipinski definition) is 2. The summed E-state index contributed by atoms with van der Waals surface area (Å²) < 4.78 is 20.7. The number of aryl methyl sites for hydroxylation is 1. The number of carbonyl (C=O) groups excluding carboxylic acids is 2. The van der Waals surface area contributed by atoms with E-state index in [1.807, 2.05) is 49.4 Å². The fourth-order valence-corrected chi connectivity index (χ4v) is 4.07. The molecule has 0 fully saturated rings. The minimum Gasteiger partial charge on any atom is -0.484 e. The van der Waals surface area contributed by atoms with E-state index in [1.54, 1.807) is 28.8 Å². The van der Waals surface area contributed by atoms with Crippen molar-refractivity contribution in [3.63, 3.8) is 0 Å². The van der Waals surface area contributed by atoms with Gasteiger partial charge in [0.15, 0.2) is 17.6 Å². The molecule has 10 heteroatoms. The van der Waals surface area contributed by atoms with Gasteiger partial charge in [-0.25, -0.2) is 4.39 Å². The summed E-state index contributed by atoms with van der Waals surface area (Å²) in [7, 11) is 0. The van der Waals surface area contributed by atoms with Crippen molar-refractivity contribution in [2.24, 2.45) is 0 Å². The summed E-state index contributed by atoms with van der Waals surface area (Å²) >= 11 is 1.19. The van der Waals surface area contributed by atoms with Gasteiger partial charge in [-0.05, 0) is 61.0 Å². The van der Waals surface area contributed by atoms with Crippen molar-refractivity contribution < 1.29 is 18.7 Å². The molecule has 4 rings (SSSR count). The molecule has 2 amide bonds. The van der Waals surface area contributed by atoms with Crippen LogP contribution in [0.2, 0.25) is 0 Å². The molecule has 184 valence electrons. The summed E-state index contributed by atoms with van der Waals surface area (Å²) in [5.41, 5.74) is 2.35. The number of nitrogens with one attached hydrogen (secondary N) is 2. The molecule has 1 aromatic heterocycles. The second kappa shape index (κ2) is 12.0. The average molecular weight is 506 g/mol. The SMILES string of the molecule is Cc1cccc(NC(=O)CSc2nnc(CNC(=O)COc3ccccc3)n2-c2ccc(F)cc2)c1. The minimum absolute atomic E-state index is 0.0669. The van der Waals surface area contributed by atoms with Crippen molar-refractivity contribution in [3.05, 3.63) is 96.1 Å². The first-order chi connectivity index (χ1) is 17.5. The molecule has 0 saturated heterocycles. The molecule has 0 radical (unpaired) electrons. The monoisotopic (exact) mass is 505 g/mol. The fourth-order valence-electron chi connectivity index (χ4n) is 3.30. The number of hydrogen-bond acceptors (Lipinski definition) is 6. The summed E-state index contributed by atoms with van der Waals surface area (Å²) in [6.45, 7) is 1.86. The predicted molar refractivity (Wildman–Crippen MR) is 136 cm³/mol. The van der Waals surface area contributed by atoms with Gasteiger partial charge in [-0.2, -0.15) is 0 Å². The standard InChI is InChI=1S/C26H24FN5O3S/c1-18-6-5-7-20(14-18)29-25(34)17-36-26-31-30-23(32(26)21-12-10-19(27)11-13-21)15-28-24(33)16-35-22-8-3-2-4-9-22/h2-14H,15-17H2,1H3,(H,28,33)(H,29,34). The van der Waals surface area contributed by atoms with Gasteiger partial charge in [-0.3, -0.25) is 14.2 Å². The Balaban J connectivity index is 1.42. The van der Waals surface area contributed by atoms with Gasteiger partial charge in [0.25, 0.3) is 5.91 Å². The third kappa shape index (κ3) is 6.92. The van der Waals surface area contributed by atoms with Gasteiger partial charge in [-0.1, -0.05) is 42.1 Å². The van der Waals surface area contributed by atoms with E-state index in [2.05, 4.69) is 20.8 Å². The molecule has 0 unspecified atom stereocenters. The summed E-state index contributed by atoms with van der Waals surface area (Å²) in [6.07, 6.45) is 0. The maximum absolute atomic E-state index is 13.5. The number of carbonyl (C=O) groups is 2. The van der Waals surface area contributed by atoms with Gasteiger partial charge in [0.2, 0.25) is 5.91 Å². The molecule has 4 aromatic rings. The van der Waals surface area contributed by atoms with E-state index < -0.39 is 0 Å². The van der Waals surface area contributed by atoms with Crippen LogP contribution in [0.5, 0.6) is 5.75 Å². The van der Waals surface area contributed by atoms with Crippen LogP contribution < -0.4 is 15.4 Å². The number of aromatic nitrogens is 3. The summed E-state index contributed by atoms with van der Waals surface area (Å²) in [5.74, 6) is 0.184. The number of amides is 2. The minimum atomic E-state index is -0.383. The highest BCUT2D eigenvalue weighted by molar-refractivity contribution is 7.99. The molecule has 0 saturated carbocycles. The second-order valence-corrected chi connectivity index (χ2v) is 8.74. The van der Waals surface area contributed by atoms with E-state index in [9.17, 15) is 14.0 Å². The van der Waals surface area contributed by atoms with Crippen LogP contribution in [0.3, 0.4) is 0 Å². The van der Waals surface area contributed by atoms with Gasteiger partial charge in [0.1, 0.15) is 11.6 Å². The molecule has 0 spiro atoms. The van der Waals surface area contributed by atoms with Crippen molar-refractivity contribution in [3.8, 4) is 11.4 Å². The predicted octanol–water partition coefficient (Wildman–Crippen LogP) is 4.14. The van der Waals surface area contributed by atoms with Gasteiger partial charge >= 0.3 is 0 Å². The van der Waals surface area contributed by atoms with Crippen LogP contribution >= 0.6 is 11.8 Å². The quantitative estimate of drug-likeness (QED) is 0.315. The van der Waals surface area contributed by atoms with Crippen molar-refractivity contribution in [1.82, 2.24) is 20.1 Å². The third-order valence-electron chi connectivity index (χ3n) is 4.98. The molecule has 0 aliphatic carbocycles. The average Bonchev–Trinajstić information content (AvgIpc) is 3.29. The number of thioether (sulfide) groups is 1. The van der Waals surface area contributed by atoms with Gasteiger partial charge in [-0.15, -0.1) is 10.2 Å². The van der Waals surface area contributed by atoms with Gasteiger partial charge in [0, 0.05) is 11.4 Å². The van der Waals surface area contributed by atoms with E-state index in [4.69, 9.17) is 4.74 Å². The highest BCUT2D eigenvalue weighted by Gasteiger charge is 2.17.